The maximum atomic E-state index is 11.1. The minimum atomic E-state index is -0.446. The molecule has 0 spiro atoms. The molecule has 0 saturated heterocycles. The Morgan fingerprint density at radius 1 is 1.05 bits per heavy atom. The van der Waals surface area contributed by atoms with Crippen molar-refractivity contribution in [1.82, 2.24) is 0 Å². The summed E-state index contributed by atoms with van der Waals surface area (Å²) in [7, 11) is 0. The van der Waals surface area contributed by atoms with Gasteiger partial charge < -0.3 is 0 Å². The SMILES string of the molecule is O=C/C(=C/c1ccc([N+](=O)[O-])cc1)Cc1ccccc1. The molecule has 0 saturated carbocycles. The molecular weight excluding hydrogens is 254 g/mol. The molecule has 0 aromatic heterocycles. The first-order valence-electron chi connectivity index (χ1n) is 6.13. The lowest BCUT2D eigenvalue weighted by atomic mass is 10.0. The number of hydrogen-bond donors (Lipinski definition) is 0. The third-order valence-electron chi connectivity index (χ3n) is 2.86. The van der Waals surface area contributed by atoms with Gasteiger partial charge in [-0.15, -0.1) is 0 Å². The molecule has 2 aromatic rings. The van der Waals surface area contributed by atoms with Crippen LogP contribution in [0.5, 0.6) is 0 Å². The van der Waals surface area contributed by atoms with E-state index in [9.17, 15) is 14.9 Å². The average Bonchev–Trinajstić information content (AvgIpc) is 2.48. The van der Waals surface area contributed by atoms with E-state index in [-0.39, 0.29) is 5.69 Å². The number of nitrogens with zero attached hydrogens (tertiary/aromatic N) is 1. The highest BCUT2D eigenvalue weighted by Gasteiger charge is 2.04. The molecule has 2 aromatic carbocycles. The van der Waals surface area contributed by atoms with E-state index in [1.165, 1.54) is 12.1 Å². The average molecular weight is 267 g/mol. The Morgan fingerprint density at radius 3 is 2.25 bits per heavy atom. The highest BCUT2D eigenvalue weighted by Crippen LogP contribution is 2.15. The van der Waals surface area contributed by atoms with Crippen LogP contribution in [-0.4, -0.2) is 11.2 Å². The number of non-ortho nitro benzene ring substituents is 1. The zero-order chi connectivity index (χ0) is 14.4. The van der Waals surface area contributed by atoms with E-state index in [1.54, 1.807) is 18.2 Å². The van der Waals surface area contributed by atoms with Crippen molar-refractivity contribution in [2.75, 3.05) is 0 Å². The molecular formula is C16H13NO3. The molecule has 20 heavy (non-hydrogen) atoms. The summed E-state index contributed by atoms with van der Waals surface area (Å²) in [6.07, 6.45) is 3.10. The van der Waals surface area contributed by atoms with Crippen LogP contribution in [0.4, 0.5) is 5.69 Å². The molecule has 0 aliphatic rings. The first kappa shape index (κ1) is 13.7. The Bertz CT molecular complexity index is 631. The summed E-state index contributed by atoms with van der Waals surface area (Å²) in [5, 5.41) is 10.6. The lowest BCUT2D eigenvalue weighted by Crippen LogP contribution is -1.92. The third-order valence-corrected chi connectivity index (χ3v) is 2.86. The Morgan fingerprint density at radius 2 is 1.70 bits per heavy atom. The molecule has 4 nitrogen and oxygen atoms in total. The molecule has 0 fully saturated rings. The quantitative estimate of drug-likeness (QED) is 0.361. The maximum Gasteiger partial charge on any atom is 0.269 e. The van der Waals surface area contributed by atoms with E-state index in [0.29, 0.717) is 12.0 Å². The number of allylic oxidation sites excluding steroid dienone is 1. The minimum Gasteiger partial charge on any atom is -0.298 e. The van der Waals surface area contributed by atoms with Crippen molar-refractivity contribution in [3.63, 3.8) is 0 Å². The smallest absolute Gasteiger partial charge is 0.269 e. The fraction of sp³-hybridized carbons (Fsp3) is 0.0625. The fourth-order valence-corrected chi connectivity index (χ4v) is 1.86. The van der Waals surface area contributed by atoms with Crippen molar-refractivity contribution in [3.8, 4) is 0 Å². The number of benzene rings is 2. The van der Waals surface area contributed by atoms with Crippen LogP contribution in [-0.2, 0) is 11.2 Å². The van der Waals surface area contributed by atoms with Crippen molar-refractivity contribution in [2.45, 2.75) is 6.42 Å². The van der Waals surface area contributed by atoms with Gasteiger partial charge in [-0.1, -0.05) is 30.3 Å². The van der Waals surface area contributed by atoms with Gasteiger partial charge in [0.15, 0.2) is 0 Å². The van der Waals surface area contributed by atoms with E-state index in [1.807, 2.05) is 30.3 Å². The molecule has 0 radical (unpaired) electrons. The van der Waals surface area contributed by atoms with Crippen LogP contribution in [0.2, 0.25) is 0 Å². The molecule has 0 aliphatic carbocycles. The van der Waals surface area contributed by atoms with Gasteiger partial charge in [0.1, 0.15) is 6.29 Å². The number of hydrogen-bond acceptors (Lipinski definition) is 3. The molecule has 0 N–H and O–H groups in total. The summed E-state index contributed by atoms with van der Waals surface area (Å²) < 4.78 is 0. The van der Waals surface area contributed by atoms with Gasteiger partial charge in [-0.25, -0.2) is 0 Å². The topological polar surface area (TPSA) is 60.2 Å². The molecule has 0 atom stereocenters. The van der Waals surface area contributed by atoms with Gasteiger partial charge in [0.05, 0.1) is 4.92 Å². The zero-order valence-corrected chi connectivity index (χ0v) is 10.7. The van der Waals surface area contributed by atoms with E-state index >= 15 is 0 Å². The zero-order valence-electron chi connectivity index (χ0n) is 10.7. The normalized spacial score (nSPS) is 11.1. The summed E-state index contributed by atoms with van der Waals surface area (Å²) in [4.78, 5) is 21.2. The summed E-state index contributed by atoms with van der Waals surface area (Å²) in [5.74, 6) is 0. The highest BCUT2D eigenvalue weighted by atomic mass is 16.6. The first-order valence-corrected chi connectivity index (χ1v) is 6.13. The van der Waals surface area contributed by atoms with Gasteiger partial charge >= 0.3 is 0 Å². The largest absolute Gasteiger partial charge is 0.298 e. The summed E-state index contributed by atoms with van der Waals surface area (Å²) >= 11 is 0. The van der Waals surface area contributed by atoms with Gasteiger partial charge in [0.2, 0.25) is 0 Å². The van der Waals surface area contributed by atoms with Crippen LogP contribution in [0.3, 0.4) is 0 Å². The summed E-state index contributed by atoms with van der Waals surface area (Å²) in [5.41, 5.74) is 2.49. The first-order chi connectivity index (χ1) is 9.69. The van der Waals surface area contributed by atoms with Crippen LogP contribution in [0.15, 0.2) is 60.2 Å². The number of nitro benzene ring substituents is 1. The third kappa shape index (κ3) is 3.62. The second kappa shape index (κ2) is 6.43. The summed E-state index contributed by atoms with van der Waals surface area (Å²) in [6.45, 7) is 0. The van der Waals surface area contributed by atoms with Crippen LogP contribution < -0.4 is 0 Å². The molecule has 0 unspecified atom stereocenters. The van der Waals surface area contributed by atoms with E-state index < -0.39 is 4.92 Å². The molecule has 0 heterocycles. The second-order valence-corrected chi connectivity index (χ2v) is 4.35. The van der Waals surface area contributed by atoms with Crippen molar-refractivity contribution in [2.24, 2.45) is 0 Å². The maximum absolute atomic E-state index is 11.1. The minimum absolute atomic E-state index is 0.0397. The molecule has 0 bridgehead atoms. The summed E-state index contributed by atoms with van der Waals surface area (Å²) in [6, 6.07) is 15.8. The van der Waals surface area contributed by atoms with E-state index in [0.717, 1.165) is 17.4 Å². The van der Waals surface area contributed by atoms with E-state index in [2.05, 4.69) is 0 Å². The van der Waals surface area contributed by atoms with Crippen molar-refractivity contribution >= 4 is 18.0 Å². The monoisotopic (exact) mass is 267 g/mol. The molecule has 100 valence electrons. The van der Waals surface area contributed by atoms with Crippen LogP contribution >= 0.6 is 0 Å². The lowest BCUT2D eigenvalue weighted by molar-refractivity contribution is -0.384. The number of aldehydes is 1. The van der Waals surface area contributed by atoms with E-state index in [4.69, 9.17) is 0 Å². The van der Waals surface area contributed by atoms with Crippen molar-refractivity contribution in [1.29, 1.82) is 0 Å². The number of carbonyl (C=O) groups is 1. The van der Waals surface area contributed by atoms with Crippen LogP contribution in [0, 0.1) is 10.1 Å². The standard InChI is InChI=1S/C16H13NO3/c18-12-15(10-13-4-2-1-3-5-13)11-14-6-8-16(9-7-14)17(19)20/h1-9,11-12H,10H2/b15-11+. The van der Waals surface area contributed by atoms with Crippen molar-refractivity contribution in [3.05, 3.63) is 81.4 Å². The molecule has 0 amide bonds. The molecule has 2 rings (SSSR count). The number of rotatable bonds is 5. The Labute approximate surface area is 116 Å². The molecule has 0 aliphatic heterocycles. The lowest BCUT2D eigenvalue weighted by Gasteiger charge is -2.01. The van der Waals surface area contributed by atoms with Crippen molar-refractivity contribution < 1.29 is 9.72 Å². The predicted octanol–water partition coefficient (Wildman–Crippen LogP) is 3.42. The van der Waals surface area contributed by atoms with Crippen LogP contribution in [0.25, 0.3) is 6.08 Å². The fourth-order valence-electron chi connectivity index (χ4n) is 1.86. The Kier molecular flexibility index (Phi) is 4.39. The predicted molar refractivity (Wildman–Crippen MR) is 77.3 cm³/mol. The molecule has 4 heteroatoms. The number of carbonyl (C=O) groups excluding carboxylic acids is 1. The van der Waals surface area contributed by atoms with Gasteiger partial charge in [-0.05, 0) is 34.9 Å². The van der Waals surface area contributed by atoms with Crippen LogP contribution in [0.1, 0.15) is 11.1 Å². The van der Waals surface area contributed by atoms with Gasteiger partial charge in [0, 0.05) is 18.6 Å². The van der Waals surface area contributed by atoms with Gasteiger partial charge in [-0.3, -0.25) is 14.9 Å². The number of nitro groups is 1. The van der Waals surface area contributed by atoms with Gasteiger partial charge in [0.25, 0.3) is 5.69 Å². The highest BCUT2D eigenvalue weighted by molar-refractivity contribution is 5.82. The van der Waals surface area contributed by atoms with Gasteiger partial charge in [-0.2, -0.15) is 0 Å². The Balaban J connectivity index is 2.18. The Hall–Kier alpha value is -2.75. The second-order valence-electron chi connectivity index (χ2n) is 4.35.